The second-order valence-electron chi connectivity index (χ2n) is 4.98. The molecule has 98 valence electrons. The molecule has 6 heteroatoms. The molecule has 0 aliphatic heterocycles. The molecule has 2 N–H and O–H groups in total. The molecule has 0 aliphatic rings. The van der Waals surface area contributed by atoms with Gasteiger partial charge in [0.2, 0.25) is 0 Å². The lowest BCUT2D eigenvalue weighted by Gasteiger charge is -2.27. The van der Waals surface area contributed by atoms with Gasteiger partial charge in [-0.05, 0) is 33.5 Å². The van der Waals surface area contributed by atoms with Crippen LogP contribution in [0.2, 0.25) is 0 Å². The van der Waals surface area contributed by atoms with Crippen molar-refractivity contribution in [3.8, 4) is 0 Å². The molecule has 1 aromatic heterocycles. The zero-order valence-electron chi connectivity index (χ0n) is 10.4. The standard InChI is InChI=1S/C12H15BrN2O3/c1-12(2,3)9(11(17)18)15-10(16)7-4-5-8(13)14-6-7/h4-6,9H,1-3H3,(H,15,16)(H,17,18)/t9-/m0/s1. The Balaban J connectivity index is 2.86. The Morgan fingerprint density at radius 2 is 2.00 bits per heavy atom. The first kappa shape index (κ1) is 14.6. The fourth-order valence-corrected chi connectivity index (χ4v) is 1.61. The fourth-order valence-electron chi connectivity index (χ4n) is 1.37. The first-order chi connectivity index (χ1) is 8.21. The summed E-state index contributed by atoms with van der Waals surface area (Å²) in [6, 6.07) is 2.25. The number of nitrogens with one attached hydrogen (secondary N) is 1. The van der Waals surface area contributed by atoms with Gasteiger partial charge in [-0.25, -0.2) is 9.78 Å². The quantitative estimate of drug-likeness (QED) is 0.837. The smallest absolute Gasteiger partial charge is 0.326 e. The highest BCUT2D eigenvalue weighted by molar-refractivity contribution is 9.10. The summed E-state index contributed by atoms with van der Waals surface area (Å²) < 4.78 is 0.615. The van der Waals surface area contributed by atoms with Crippen LogP contribution in [0.5, 0.6) is 0 Å². The molecule has 0 fully saturated rings. The van der Waals surface area contributed by atoms with Crippen LogP contribution in [-0.2, 0) is 4.79 Å². The Hall–Kier alpha value is -1.43. The number of amides is 1. The van der Waals surface area contributed by atoms with Gasteiger partial charge in [0, 0.05) is 6.20 Å². The van der Waals surface area contributed by atoms with Crippen molar-refractivity contribution in [2.75, 3.05) is 0 Å². The number of carboxylic acid groups (broad SMARTS) is 1. The number of aliphatic carboxylic acids is 1. The molecule has 1 atom stereocenters. The molecule has 1 amide bonds. The number of aromatic nitrogens is 1. The highest BCUT2D eigenvalue weighted by Crippen LogP contribution is 2.20. The number of rotatable bonds is 3. The summed E-state index contributed by atoms with van der Waals surface area (Å²) in [4.78, 5) is 26.9. The van der Waals surface area contributed by atoms with Gasteiger partial charge in [-0.1, -0.05) is 20.8 Å². The topological polar surface area (TPSA) is 79.3 Å². The summed E-state index contributed by atoms with van der Waals surface area (Å²) in [6.07, 6.45) is 1.39. The maximum absolute atomic E-state index is 11.9. The molecular weight excluding hydrogens is 300 g/mol. The predicted molar refractivity (Wildman–Crippen MR) is 70.3 cm³/mol. The Morgan fingerprint density at radius 1 is 1.39 bits per heavy atom. The Morgan fingerprint density at radius 3 is 2.39 bits per heavy atom. The maximum Gasteiger partial charge on any atom is 0.326 e. The lowest BCUT2D eigenvalue weighted by atomic mass is 9.86. The van der Waals surface area contributed by atoms with Crippen molar-refractivity contribution in [2.24, 2.45) is 5.41 Å². The number of nitrogens with zero attached hydrogens (tertiary/aromatic N) is 1. The Bertz CT molecular complexity index is 451. The number of halogens is 1. The summed E-state index contributed by atoms with van der Waals surface area (Å²) in [5, 5.41) is 11.6. The maximum atomic E-state index is 11.9. The van der Waals surface area contributed by atoms with Crippen LogP contribution < -0.4 is 5.32 Å². The SMILES string of the molecule is CC(C)(C)[C@@H](NC(=O)c1ccc(Br)nc1)C(=O)O. The van der Waals surface area contributed by atoms with E-state index in [-0.39, 0.29) is 0 Å². The third-order valence-electron chi connectivity index (χ3n) is 2.38. The van der Waals surface area contributed by atoms with E-state index in [4.69, 9.17) is 5.11 Å². The largest absolute Gasteiger partial charge is 0.480 e. The molecule has 1 rings (SSSR count). The zero-order valence-corrected chi connectivity index (χ0v) is 12.0. The minimum absolute atomic E-state index is 0.328. The van der Waals surface area contributed by atoms with Crippen molar-refractivity contribution in [1.29, 1.82) is 0 Å². The van der Waals surface area contributed by atoms with Crippen LogP contribution in [0.25, 0.3) is 0 Å². The van der Waals surface area contributed by atoms with Gasteiger partial charge in [-0.3, -0.25) is 4.79 Å². The fraction of sp³-hybridized carbons (Fsp3) is 0.417. The van der Waals surface area contributed by atoms with Crippen LogP contribution in [0.1, 0.15) is 31.1 Å². The monoisotopic (exact) mass is 314 g/mol. The summed E-state index contributed by atoms with van der Waals surface area (Å²) in [5.74, 6) is -1.50. The second kappa shape index (κ2) is 5.48. The van der Waals surface area contributed by atoms with E-state index in [0.29, 0.717) is 10.2 Å². The molecule has 0 radical (unpaired) electrons. The third kappa shape index (κ3) is 3.80. The average molecular weight is 315 g/mol. The number of hydrogen-bond acceptors (Lipinski definition) is 3. The van der Waals surface area contributed by atoms with E-state index in [1.165, 1.54) is 6.20 Å². The minimum atomic E-state index is -1.05. The van der Waals surface area contributed by atoms with Crippen LogP contribution in [0, 0.1) is 5.41 Å². The zero-order chi connectivity index (χ0) is 13.9. The molecular formula is C12H15BrN2O3. The molecule has 1 heterocycles. The molecule has 5 nitrogen and oxygen atoms in total. The lowest BCUT2D eigenvalue weighted by Crippen LogP contribution is -2.49. The molecule has 0 unspecified atom stereocenters. The van der Waals surface area contributed by atoms with Gasteiger partial charge in [-0.2, -0.15) is 0 Å². The molecule has 0 aromatic carbocycles. The first-order valence-electron chi connectivity index (χ1n) is 5.37. The number of pyridine rings is 1. The molecule has 0 saturated heterocycles. The molecule has 0 saturated carbocycles. The van der Waals surface area contributed by atoms with Crippen molar-refractivity contribution >= 4 is 27.8 Å². The Kier molecular flexibility index (Phi) is 4.45. The third-order valence-corrected chi connectivity index (χ3v) is 2.85. The van der Waals surface area contributed by atoms with Crippen LogP contribution in [-0.4, -0.2) is 28.0 Å². The van der Waals surface area contributed by atoms with Gasteiger partial charge >= 0.3 is 5.97 Å². The molecule has 0 aliphatic carbocycles. The van der Waals surface area contributed by atoms with Gasteiger partial charge in [0.05, 0.1) is 5.56 Å². The van der Waals surface area contributed by atoms with E-state index in [0.717, 1.165) is 0 Å². The highest BCUT2D eigenvalue weighted by Gasteiger charge is 2.32. The van der Waals surface area contributed by atoms with Crippen molar-refractivity contribution < 1.29 is 14.7 Å². The molecule has 0 bridgehead atoms. The minimum Gasteiger partial charge on any atom is -0.480 e. The second-order valence-corrected chi connectivity index (χ2v) is 5.79. The van der Waals surface area contributed by atoms with Gasteiger partial charge in [-0.15, -0.1) is 0 Å². The lowest BCUT2D eigenvalue weighted by molar-refractivity contribution is -0.142. The van der Waals surface area contributed by atoms with Crippen molar-refractivity contribution in [3.63, 3.8) is 0 Å². The van der Waals surface area contributed by atoms with Gasteiger partial charge in [0.25, 0.3) is 5.91 Å². The van der Waals surface area contributed by atoms with E-state index >= 15 is 0 Å². The van der Waals surface area contributed by atoms with Gasteiger partial charge in [0.15, 0.2) is 0 Å². The molecule has 18 heavy (non-hydrogen) atoms. The average Bonchev–Trinajstić information content (AvgIpc) is 2.24. The van der Waals surface area contributed by atoms with E-state index in [9.17, 15) is 9.59 Å². The summed E-state index contributed by atoms with van der Waals surface area (Å²) in [6.45, 7) is 5.27. The van der Waals surface area contributed by atoms with Crippen LogP contribution in [0.15, 0.2) is 22.9 Å². The number of carboxylic acids is 1. The van der Waals surface area contributed by atoms with E-state index < -0.39 is 23.3 Å². The molecule has 1 aromatic rings. The number of hydrogen-bond donors (Lipinski definition) is 2. The van der Waals surface area contributed by atoms with Crippen molar-refractivity contribution in [2.45, 2.75) is 26.8 Å². The summed E-state index contributed by atoms with van der Waals surface area (Å²) in [7, 11) is 0. The van der Waals surface area contributed by atoms with Crippen molar-refractivity contribution in [1.82, 2.24) is 10.3 Å². The van der Waals surface area contributed by atoms with Gasteiger partial charge in [0.1, 0.15) is 10.6 Å². The van der Waals surface area contributed by atoms with E-state index in [1.807, 2.05) is 0 Å². The van der Waals surface area contributed by atoms with Gasteiger partial charge < -0.3 is 10.4 Å². The first-order valence-corrected chi connectivity index (χ1v) is 6.16. The molecule has 0 spiro atoms. The number of carbonyl (C=O) groups excluding carboxylic acids is 1. The van der Waals surface area contributed by atoms with Crippen LogP contribution >= 0.6 is 15.9 Å². The van der Waals surface area contributed by atoms with E-state index in [1.54, 1.807) is 32.9 Å². The predicted octanol–water partition coefficient (Wildman–Crippen LogP) is 2.07. The highest BCUT2D eigenvalue weighted by atomic mass is 79.9. The van der Waals surface area contributed by atoms with Crippen LogP contribution in [0.3, 0.4) is 0 Å². The van der Waals surface area contributed by atoms with E-state index in [2.05, 4.69) is 26.2 Å². The number of carbonyl (C=O) groups is 2. The van der Waals surface area contributed by atoms with Crippen molar-refractivity contribution in [3.05, 3.63) is 28.5 Å². The normalized spacial score (nSPS) is 12.9. The Labute approximate surface area is 114 Å². The summed E-state index contributed by atoms with van der Waals surface area (Å²) in [5.41, 5.74) is -0.238. The van der Waals surface area contributed by atoms with Crippen LogP contribution in [0.4, 0.5) is 0 Å². The summed E-state index contributed by atoms with van der Waals surface area (Å²) >= 11 is 3.16.